The molecule has 0 aliphatic heterocycles. The fourth-order valence-electron chi connectivity index (χ4n) is 2.41. The van der Waals surface area contributed by atoms with E-state index in [0.29, 0.717) is 16.6 Å². The Labute approximate surface area is 124 Å². The Morgan fingerprint density at radius 2 is 2.15 bits per heavy atom. The van der Waals surface area contributed by atoms with Crippen molar-refractivity contribution in [3.05, 3.63) is 28.8 Å². The van der Waals surface area contributed by atoms with Crippen LogP contribution in [0.3, 0.4) is 0 Å². The summed E-state index contributed by atoms with van der Waals surface area (Å²) in [4.78, 5) is 12.1. The zero-order valence-electron chi connectivity index (χ0n) is 11.4. The van der Waals surface area contributed by atoms with Crippen LogP contribution < -0.4 is 10.6 Å². The molecule has 0 spiro atoms. The number of amides is 1. The van der Waals surface area contributed by atoms with E-state index in [0.717, 1.165) is 18.5 Å². The van der Waals surface area contributed by atoms with Crippen LogP contribution in [-0.2, 0) is 4.79 Å². The molecule has 1 fully saturated rings. The summed E-state index contributed by atoms with van der Waals surface area (Å²) in [6.07, 6.45) is 4.53. The number of rotatable bonds is 4. The summed E-state index contributed by atoms with van der Waals surface area (Å²) < 4.78 is 0. The maximum Gasteiger partial charge on any atom is 0.242 e. The largest absolute Gasteiger partial charge is 0.374 e. The lowest BCUT2D eigenvalue weighted by Crippen LogP contribution is -2.42. The highest BCUT2D eigenvalue weighted by atomic mass is 35.5. The first-order valence-electron chi connectivity index (χ1n) is 6.86. The molecule has 0 aromatic heterocycles. The topological polar surface area (TPSA) is 64.9 Å². The van der Waals surface area contributed by atoms with Gasteiger partial charge in [0.2, 0.25) is 5.91 Å². The van der Waals surface area contributed by atoms with Crippen molar-refractivity contribution in [3.8, 4) is 6.07 Å². The van der Waals surface area contributed by atoms with Gasteiger partial charge in [0.15, 0.2) is 0 Å². The molecule has 0 radical (unpaired) electrons. The van der Waals surface area contributed by atoms with Crippen LogP contribution in [0.15, 0.2) is 18.2 Å². The molecule has 1 aromatic rings. The van der Waals surface area contributed by atoms with Gasteiger partial charge in [-0.25, -0.2) is 0 Å². The normalized spacial score (nSPS) is 16.4. The highest BCUT2D eigenvalue weighted by Crippen LogP contribution is 2.21. The van der Waals surface area contributed by atoms with Crippen LogP contribution in [0.5, 0.6) is 0 Å². The molecular weight excluding hydrogens is 274 g/mol. The zero-order chi connectivity index (χ0) is 14.5. The van der Waals surface area contributed by atoms with Gasteiger partial charge in [-0.15, -0.1) is 0 Å². The summed E-state index contributed by atoms with van der Waals surface area (Å²) in [6, 6.07) is 7.06. The highest BCUT2D eigenvalue weighted by Gasteiger charge is 2.20. The summed E-state index contributed by atoms with van der Waals surface area (Å²) in [7, 11) is 0. The van der Waals surface area contributed by atoms with Crippen LogP contribution >= 0.6 is 11.6 Å². The fraction of sp³-hybridized carbons (Fsp3) is 0.467. The third-order valence-electron chi connectivity index (χ3n) is 3.57. The zero-order valence-corrected chi connectivity index (χ0v) is 12.2. The van der Waals surface area contributed by atoms with Crippen LogP contribution in [0.4, 0.5) is 5.69 Å². The van der Waals surface area contributed by atoms with Crippen molar-refractivity contribution in [1.82, 2.24) is 5.32 Å². The first-order chi connectivity index (χ1) is 9.60. The fourth-order valence-corrected chi connectivity index (χ4v) is 2.63. The molecular formula is C15H18ClN3O. The van der Waals surface area contributed by atoms with E-state index in [2.05, 4.69) is 10.6 Å². The average Bonchev–Trinajstić information content (AvgIpc) is 2.91. The number of nitriles is 1. The molecule has 106 valence electrons. The molecule has 1 unspecified atom stereocenters. The number of halogens is 1. The Balaban J connectivity index is 1.93. The number of carbonyl (C=O) groups excluding carboxylic acids is 1. The van der Waals surface area contributed by atoms with Gasteiger partial charge in [-0.2, -0.15) is 5.26 Å². The quantitative estimate of drug-likeness (QED) is 0.896. The minimum atomic E-state index is -0.334. The lowest BCUT2D eigenvalue weighted by atomic mass is 10.2. The molecule has 0 saturated heterocycles. The summed E-state index contributed by atoms with van der Waals surface area (Å²) in [5.74, 6) is -0.00242. The molecule has 2 N–H and O–H groups in total. The van der Waals surface area contributed by atoms with Crippen LogP contribution in [0.1, 0.15) is 38.2 Å². The van der Waals surface area contributed by atoms with E-state index < -0.39 is 0 Å². The summed E-state index contributed by atoms with van der Waals surface area (Å²) in [5, 5.41) is 15.4. The second kappa shape index (κ2) is 6.62. The lowest BCUT2D eigenvalue weighted by molar-refractivity contribution is -0.122. The number of hydrogen-bond acceptors (Lipinski definition) is 3. The summed E-state index contributed by atoms with van der Waals surface area (Å²) in [6.45, 7) is 1.82. The van der Waals surface area contributed by atoms with Crippen LogP contribution in [0.25, 0.3) is 0 Å². The maximum absolute atomic E-state index is 12.1. The Bertz CT molecular complexity index is 532. The third kappa shape index (κ3) is 3.64. The van der Waals surface area contributed by atoms with E-state index in [1.54, 1.807) is 18.2 Å². The van der Waals surface area contributed by atoms with Gasteiger partial charge in [0.05, 0.1) is 10.6 Å². The molecule has 20 heavy (non-hydrogen) atoms. The first-order valence-corrected chi connectivity index (χ1v) is 7.24. The van der Waals surface area contributed by atoms with E-state index in [-0.39, 0.29) is 11.9 Å². The van der Waals surface area contributed by atoms with E-state index >= 15 is 0 Å². The maximum atomic E-state index is 12.1. The predicted octanol–water partition coefficient (Wildman–Crippen LogP) is 3.07. The van der Waals surface area contributed by atoms with E-state index in [9.17, 15) is 4.79 Å². The predicted molar refractivity (Wildman–Crippen MR) is 79.7 cm³/mol. The van der Waals surface area contributed by atoms with Crippen LogP contribution in [-0.4, -0.2) is 18.0 Å². The summed E-state index contributed by atoms with van der Waals surface area (Å²) in [5.41, 5.74) is 1.17. The molecule has 1 amide bonds. The Kier molecular flexibility index (Phi) is 4.86. The van der Waals surface area contributed by atoms with Crippen molar-refractivity contribution in [1.29, 1.82) is 5.26 Å². The SMILES string of the molecule is CC(Nc1ccc(C#N)c(Cl)c1)C(=O)NC1CCCC1. The van der Waals surface area contributed by atoms with Gasteiger partial charge in [-0.3, -0.25) is 4.79 Å². The molecule has 2 rings (SSSR count). The molecule has 1 aliphatic rings. The molecule has 1 aromatic carbocycles. The van der Waals surface area contributed by atoms with Gasteiger partial charge in [0.25, 0.3) is 0 Å². The van der Waals surface area contributed by atoms with Crippen molar-refractivity contribution in [2.24, 2.45) is 0 Å². The van der Waals surface area contributed by atoms with E-state index in [4.69, 9.17) is 16.9 Å². The summed E-state index contributed by atoms with van der Waals surface area (Å²) >= 11 is 5.97. The van der Waals surface area contributed by atoms with Crippen molar-refractivity contribution < 1.29 is 4.79 Å². The molecule has 5 heteroatoms. The average molecular weight is 292 g/mol. The van der Waals surface area contributed by atoms with E-state index in [1.807, 2.05) is 13.0 Å². The van der Waals surface area contributed by atoms with Crippen LogP contribution in [0, 0.1) is 11.3 Å². The lowest BCUT2D eigenvalue weighted by Gasteiger charge is -2.18. The molecule has 1 atom stereocenters. The minimum absolute atomic E-state index is 0.00242. The van der Waals surface area contributed by atoms with Crippen molar-refractivity contribution in [2.75, 3.05) is 5.32 Å². The van der Waals surface area contributed by atoms with E-state index in [1.165, 1.54) is 12.8 Å². The molecule has 0 heterocycles. The Morgan fingerprint density at radius 3 is 2.75 bits per heavy atom. The van der Waals surface area contributed by atoms with Gasteiger partial charge < -0.3 is 10.6 Å². The van der Waals surface area contributed by atoms with Crippen molar-refractivity contribution >= 4 is 23.2 Å². The van der Waals surface area contributed by atoms with Gasteiger partial charge in [-0.05, 0) is 38.0 Å². The number of nitrogens with one attached hydrogen (secondary N) is 2. The highest BCUT2D eigenvalue weighted by molar-refractivity contribution is 6.32. The van der Waals surface area contributed by atoms with Crippen molar-refractivity contribution in [2.45, 2.75) is 44.7 Å². The monoisotopic (exact) mass is 291 g/mol. The Hall–Kier alpha value is -1.73. The Morgan fingerprint density at radius 1 is 1.45 bits per heavy atom. The van der Waals surface area contributed by atoms with Crippen LogP contribution in [0.2, 0.25) is 5.02 Å². The smallest absolute Gasteiger partial charge is 0.242 e. The molecule has 0 bridgehead atoms. The molecule has 1 aliphatic carbocycles. The number of benzene rings is 1. The van der Waals surface area contributed by atoms with Gasteiger partial charge >= 0.3 is 0 Å². The second-order valence-electron chi connectivity index (χ2n) is 5.16. The minimum Gasteiger partial charge on any atom is -0.374 e. The second-order valence-corrected chi connectivity index (χ2v) is 5.57. The van der Waals surface area contributed by atoms with Gasteiger partial charge in [-0.1, -0.05) is 24.4 Å². The number of carbonyl (C=O) groups is 1. The van der Waals surface area contributed by atoms with Crippen molar-refractivity contribution in [3.63, 3.8) is 0 Å². The number of hydrogen-bond donors (Lipinski definition) is 2. The number of nitrogens with zero attached hydrogens (tertiary/aromatic N) is 1. The van der Waals surface area contributed by atoms with Gasteiger partial charge in [0.1, 0.15) is 12.1 Å². The van der Waals surface area contributed by atoms with Gasteiger partial charge in [0, 0.05) is 11.7 Å². The third-order valence-corrected chi connectivity index (χ3v) is 3.88. The molecule has 4 nitrogen and oxygen atoms in total. The number of anilines is 1. The molecule has 1 saturated carbocycles. The standard InChI is InChI=1S/C15H18ClN3O/c1-10(15(20)19-12-4-2-3-5-12)18-13-7-6-11(9-17)14(16)8-13/h6-8,10,12,18H,2-5H2,1H3,(H,19,20). The first kappa shape index (κ1) is 14.7.